The van der Waals surface area contributed by atoms with E-state index in [1.807, 2.05) is 0 Å². The van der Waals surface area contributed by atoms with Crippen LogP contribution in [0.15, 0.2) is 11.6 Å². The van der Waals surface area contributed by atoms with E-state index in [4.69, 9.17) is 10.5 Å². The molecule has 0 bridgehead atoms. The van der Waals surface area contributed by atoms with Gasteiger partial charge in [-0.3, -0.25) is 0 Å². The Morgan fingerprint density at radius 1 is 0.830 bits per heavy atom. The summed E-state index contributed by atoms with van der Waals surface area (Å²) >= 11 is 0. The number of hydrogen-bond acceptors (Lipinski definition) is 6. The fraction of sp³-hybridized carbons (Fsp3) is 0.925. The first kappa shape index (κ1) is 38.6. The van der Waals surface area contributed by atoms with Crippen LogP contribution in [0.4, 0.5) is 4.79 Å². The summed E-state index contributed by atoms with van der Waals surface area (Å²) in [7, 11) is 0. The Hall–Kier alpha value is -1.15. The van der Waals surface area contributed by atoms with Gasteiger partial charge in [-0.1, -0.05) is 65.5 Å². The van der Waals surface area contributed by atoms with Crippen LogP contribution in [0.1, 0.15) is 131 Å². The molecule has 0 heterocycles. The Balaban J connectivity index is 1.10. The molecule has 6 N–H and O–H groups in total. The number of unbranched alkanes of at least 4 members (excludes halogenated alkanes) is 1. The summed E-state index contributed by atoms with van der Waals surface area (Å²) in [5.74, 6) is 5.15. The third-order valence-corrected chi connectivity index (χ3v) is 13.3. The van der Waals surface area contributed by atoms with Crippen LogP contribution in [0.2, 0.25) is 0 Å². The maximum atomic E-state index is 12.7. The largest absolute Gasteiger partial charge is 0.446 e. The van der Waals surface area contributed by atoms with E-state index in [1.165, 1.54) is 70.6 Å². The highest BCUT2D eigenvalue weighted by Gasteiger charge is 2.59. The summed E-state index contributed by atoms with van der Waals surface area (Å²) in [4.78, 5) is 12.7. The predicted octanol–water partition coefficient (Wildman–Crippen LogP) is 7.41. The van der Waals surface area contributed by atoms with Gasteiger partial charge in [-0.05, 0) is 150 Å². The van der Waals surface area contributed by atoms with Crippen molar-refractivity contribution in [2.75, 3.05) is 52.4 Å². The average molecular weight is 658 g/mol. The third-order valence-electron chi connectivity index (χ3n) is 13.3. The molecule has 3 fully saturated rings. The first-order valence-corrected chi connectivity index (χ1v) is 20.1. The van der Waals surface area contributed by atoms with Gasteiger partial charge in [0, 0.05) is 26.1 Å². The maximum absolute atomic E-state index is 12.7. The summed E-state index contributed by atoms with van der Waals surface area (Å²) in [5.41, 5.74) is 7.91. The number of alkyl carbamates (subject to hydrolysis) is 1. The number of allylic oxidation sites excluding steroid dienone is 1. The van der Waals surface area contributed by atoms with Gasteiger partial charge in [0.15, 0.2) is 0 Å². The van der Waals surface area contributed by atoms with Crippen molar-refractivity contribution >= 4 is 6.09 Å². The molecular formula is C40H75N5O2. The topological polar surface area (TPSA) is 100 Å². The molecule has 0 aromatic heterocycles. The summed E-state index contributed by atoms with van der Waals surface area (Å²) in [6, 6.07) is 0. The van der Waals surface area contributed by atoms with Gasteiger partial charge in [0.25, 0.3) is 0 Å². The van der Waals surface area contributed by atoms with Crippen LogP contribution in [0.25, 0.3) is 0 Å². The number of rotatable bonds is 21. The minimum absolute atomic E-state index is 0.0243. The Morgan fingerprint density at radius 3 is 2.21 bits per heavy atom. The second kappa shape index (κ2) is 19.3. The first-order valence-electron chi connectivity index (χ1n) is 20.1. The van der Waals surface area contributed by atoms with E-state index in [0.29, 0.717) is 23.9 Å². The van der Waals surface area contributed by atoms with E-state index in [-0.39, 0.29) is 12.2 Å². The van der Waals surface area contributed by atoms with E-state index in [1.54, 1.807) is 5.57 Å². The molecule has 272 valence electrons. The smallest absolute Gasteiger partial charge is 0.407 e. The molecular weight excluding hydrogens is 582 g/mol. The van der Waals surface area contributed by atoms with Crippen molar-refractivity contribution < 1.29 is 9.53 Å². The van der Waals surface area contributed by atoms with Crippen LogP contribution < -0.4 is 27.0 Å². The Kier molecular flexibility index (Phi) is 15.9. The van der Waals surface area contributed by atoms with Gasteiger partial charge in [0.2, 0.25) is 0 Å². The van der Waals surface area contributed by atoms with Gasteiger partial charge < -0.3 is 31.7 Å². The highest BCUT2D eigenvalue weighted by molar-refractivity contribution is 5.67. The van der Waals surface area contributed by atoms with Crippen LogP contribution in [0.5, 0.6) is 0 Å². The van der Waals surface area contributed by atoms with E-state index in [2.05, 4.69) is 62.0 Å². The minimum atomic E-state index is -0.231. The number of hydrogen-bond donors (Lipinski definition) is 5. The van der Waals surface area contributed by atoms with Crippen molar-refractivity contribution in [2.24, 2.45) is 52.1 Å². The summed E-state index contributed by atoms with van der Waals surface area (Å²) < 4.78 is 5.99. The molecule has 1 amide bonds. The molecule has 47 heavy (non-hydrogen) atoms. The molecule has 4 aliphatic rings. The Morgan fingerprint density at radius 2 is 1.51 bits per heavy atom. The molecule has 8 atom stereocenters. The van der Waals surface area contributed by atoms with E-state index >= 15 is 0 Å². The van der Waals surface area contributed by atoms with E-state index < -0.39 is 0 Å². The number of carbonyl (C=O) groups is 1. The zero-order valence-corrected chi connectivity index (χ0v) is 31.3. The number of carbonyl (C=O) groups excluding carboxylic acids is 1. The molecule has 0 saturated heterocycles. The monoisotopic (exact) mass is 658 g/mol. The van der Waals surface area contributed by atoms with Crippen LogP contribution in [-0.2, 0) is 4.74 Å². The SMILES string of the molecule is CC(C)CCC[C@@H](C)[C@H]1CC[C@H]2[C@@H]3CC=C4C[C@@H](OC(=O)NCCCNCCCCNCCCNCCN)CC[C@]4(C)[C@H]3CC[C@]12C. The lowest BCUT2D eigenvalue weighted by Crippen LogP contribution is -2.51. The maximum Gasteiger partial charge on any atom is 0.407 e. The number of fused-ring (bicyclic) bond motifs is 5. The van der Waals surface area contributed by atoms with Gasteiger partial charge in [0.1, 0.15) is 6.10 Å². The second-order valence-electron chi connectivity index (χ2n) is 16.9. The first-order chi connectivity index (χ1) is 22.7. The number of nitrogens with two attached hydrogens (primary N) is 1. The molecule has 3 saturated carbocycles. The number of ether oxygens (including phenoxy) is 1. The zero-order chi connectivity index (χ0) is 33.7. The standard InChI is InChI=1S/C40H75N5O2/c1-30(2)11-8-12-31(3)35-15-16-36-34-14-13-32-29-33(17-19-39(32,4)37(34)18-20-40(35,36)5)47-38(46)45-27-10-26-43-23-7-6-22-42-24-9-25-44-28-21-41/h13,30-31,33-37,42-44H,6-12,14-29,41H2,1-5H3,(H,45,46)/t31-,33+,34+,35-,36+,37+,39+,40-/m1/s1. The molecule has 0 unspecified atom stereocenters. The Labute approximate surface area is 289 Å². The minimum Gasteiger partial charge on any atom is -0.446 e. The molecule has 0 radical (unpaired) electrons. The predicted molar refractivity (Wildman–Crippen MR) is 197 cm³/mol. The third kappa shape index (κ3) is 10.7. The molecule has 0 aromatic carbocycles. The Bertz CT molecular complexity index is 957. The fourth-order valence-electron chi connectivity index (χ4n) is 10.7. The van der Waals surface area contributed by atoms with Crippen LogP contribution >= 0.6 is 0 Å². The molecule has 7 heteroatoms. The van der Waals surface area contributed by atoms with E-state index in [0.717, 1.165) is 100 Å². The van der Waals surface area contributed by atoms with Gasteiger partial charge in [-0.25, -0.2) is 4.79 Å². The van der Waals surface area contributed by atoms with Crippen molar-refractivity contribution in [1.82, 2.24) is 21.3 Å². The van der Waals surface area contributed by atoms with Crippen molar-refractivity contribution in [2.45, 2.75) is 137 Å². The highest BCUT2D eigenvalue weighted by atomic mass is 16.6. The molecule has 7 nitrogen and oxygen atoms in total. The van der Waals surface area contributed by atoms with Crippen molar-refractivity contribution in [3.8, 4) is 0 Å². The summed E-state index contributed by atoms with van der Waals surface area (Å²) in [6.07, 6.45) is 21.1. The summed E-state index contributed by atoms with van der Waals surface area (Å²) in [6.45, 7) is 20.0. The van der Waals surface area contributed by atoms with Crippen LogP contribution in [-0.4, -0.2) is 64.6 Å². The number of nitrogens with one attached hydrogen (secondary N) is 4. The molecule has 0 aliphatic heterocycles. The van der Waals surface area contributed by atoms with Gasteiger partial charge in [0.05, 0.1) is 0 Å². The van der Waals surface area contributed by atoms with Gasteiger partial charge in [-0.2, -0.15) is 0 Å². The van der Waals surface area contributed by atoms with Crippen molar-refractivity contribution in [3.05, 3.63) is 11.6 Å². The zero-order valence-electron chi connectivity index (χ0n) is 31.3. The number of amides is 1. The molecule has 4 rings (SSSR count). The van der Waals surface area contributed by atoms with Gasteiger partial charge in [-0.15, -0.1) is 0 Å². The second-order valence-corrected chi connectivity index (χ2v) is 16.9. The summed E-state index contributed by atoms with van der Waals surface area (Å²) in [5, 5.41) is 13.4. The highest BCUT2D eigenvalue weighted by Crippen LogP contribution is 2.67. The molecule has 4 aliphatic carbocycles. The van der Waals surface area contributed by atoms with Crippen LogP contribution in [0, 0.1) is 46.3 Å². The lowest BCUT2D eigenvalue weighted by atomic mass is 9.47. The molecule has 0 spiro atoms. The van der Waals surface area contributed by atoms with Gasteiger partial charge >= 0.3 is 6.09 Å². The normalized spacial score (nSPS) is 32.3. The lowest BCUT2D eigenvalue weighted by Gasteiger charge is -2.58. The average Bonchev–Trinajstić information content (AvgIpc) is 3.40. The molecule has 0 aromatic rings. The van der Waals surface area contributed by atoms with Crippen LogP contribution in [0.3, 0.4) is 0 Å². The lowest BCUT2D eigenvalue weighted by molar-refractivity contribution is -0.0581. The quantitative estimate of drug-likeness (QED) is 0.0651. The van der Waals surface area contributed by atoms with Crippen molar-refractivity contribution in [3.63, 3.8) is 0 Å². The van der Waals surface area contributed by atoms with E-state index in [9.17, 15) is 4.79 Å². The fourth-order valence-corrected chi connectivity index (χ4v) is 10.7. The van der Waals surface area contributed by atoms with Crippen molar-refractivity contribution in [1.29, 1.82) is 0 Å².